The summed E-state index contributed by atoms with van der Waals surface area (Å²) < 4.78 is 27.0. The summed E-state index contributed by atoms with van der Waals surface area (Å²) in [5, 5.41) is 1.95. The number of nitrogens with zero attached hydrogens (tertiary/aromatic N) is 2. The number of ketones is 1. The van der Waals surface area contributed by atoms with Gasteiger partial charge in [-0.3, -0.25) is 4.79 Å². The number of hydrogen-bond donors (Lipinski definition) is 0. The van der Waals surface area contributed by atoms with Crippen LogP contribution in [0.25, 0.3) is 0 Å². The Hall–Kier alpha value is -2.51. The van der Waals surface area contributed by atoms with Crippen LogP contribution in [0.4, 0.5) is 5.13 Å². The first-order valence-electron chi connectivity index (χ1n) is 7.55. The maximum absolute atomic E-state index is 13.0. The molecule has 3 aromatic rings. The molecule has 128 valence electrons. The molecule has 1 heterocycles. The second-order valence-electron chi connectivity index (χ2n) is 5.43. The predicted octanol–water partition coefficient (Wildman–Crippen LogP) is 3.53. The lowest BCUT2D eigenvalue weighted by molar-refractivity contribution is 0.100. The van der Waals surface area contributed by atoms with Crippen molar-refractivity contribution in [3.8, 4) is 0 Å². The lowest BCUT2D eigenvalue weighted by Crippen LogP contribution is -2.35. The van der Waals surface area contributed by atoms with Crippen molar-refractivity contribution < 1.29 is 13.2 Å². The van der Waals surface area contributed by atoms with Crippen LogP contribution < -0.4 is 4.31 Å². The molecule has 0 aliphatic rings. The maximum Gasteiger partial charge on any atom is 0.266 e. The second-order valence-corrected chi connectivity index (χ2v) is 8.16. The SMILES string of the molecule is Cc1ccc(C(=O)CN(c2nccs2)S(=O)(=O)c2ccccc2)cc1. The molecule has 0 aliphatic carbocycles. The molecule has 0 aliphatic heterocycles. The number of benzene rings is 2. The topological polar surface area (TPSA) is 67.3 Å². The van der Waals surface area contributed by atoms with E-state index in [4.69, 9.17) is 0 Å². The number of aromatic nitrogens is 1. The number of thiazole rings is 1. The van der Waals surface area contributed by atoms with Crippen LogP contribution in [-0.4, -0.2) is 25.7 Å². The number of Topliss-reactive ketones (excluding diaryl/α,β-unsaturated/α-hetero) is 1. The number of carbonyl (C=O) groups excluding carboxylic acids is 1. The summed E-state index contributed by atoms with van der Waals surface area (Å²) in [5.41, 5.74) is 1.50. The van der Waals surface area contributed by atoms with E-state index in [0.717, 1.165) is 9.87 Å². The first-order chi connectivity index (χ1) is 12.0. The highest BCUT2D eigenvalue weighted by molar-refractivity contribution is 7.93. The Bertz CT molecular complexity index is 951. The smallest absolute Gasteiger partial charge is 0.266 e. The Morgan fingerprint density at radius 1 is 1.08 bits per heavy atom. The molecule has 0 saturated heterocycles. The van der Waals surface area contributed by atoms with E-state index < -0.39 is 10.0 Å². The van der Waals surface area contributed by atoms with Crippen molar-refractivity contribution in [2.75, 3.05) is 10.8 Å². The number of anilines is 1. The summed E-state index contributed by atoms with van der Waals surface area (Å²) in [6.07, 6.45) is 1.52. The van der Waals surface area contributed by atoms with Gasteiger partial charge in [0.15, 0.2) is 10.9 Å². The fourth-order valence-electron chi connectivity index (χ4n) is 2.28. The van der Waals surface area contributed by atoms with Gasteiger partial charge >= 0.3 is 0 Å². The van der Waals surface area contributed by atoms with E-state index >= 15 is 0 Å². The summed E-state index contributed by atoms with van der Waals surface area (Å²) in [5.74, 6) is -0.283. The average molecular weight is 372 g/mol. The number of carbonyl (C=O) groups is 1. The monoisotopic (exact) mass is 372 g/mol. The number of rotatable bonds is 6. The fourth-order valence-corrected chi connectivity index (χ4v) is 4.54. The molecule has 0 N–H and O–H groups in total. The van der Waals surface area contributed by atoms with Crippen LogP contribution in [0.3, 0.4) is 0 Å². The van der Waals surface area contributed by atoms with Crippen LogP contribution in [-0.2, 0) is 10.0 Å². The van der Waals surface area contributed by atoms with Crippen molar-refractivity contribution in [1.29, 1.82) is 0 Å². The van der Waals surface area contributed by atoms with Gasteiger partial charge in [-0.1, -0.05) is 48.0 Å². The minimum absolute atomic E-state index is 0.127. The zero-order valence-electron chi connectivity index (χ0n) is 13.5. The first kappa shape index (κ1) is 17.3. The second kappa shape index (κ2) is 7.16. The Labute approximate surface area is 150 Å². The van der Waals surface area contributed by atoms with Gasteiger partial charge in [0, 0.05) is 17.1 Å². The Kier molecular flexibility index (Phi) is 4.96. The lowest BCUT2D eigenvalue weighted by atomic mass is 10.1. The molecule has 5 nitrogen and oxygen atoms in total. The third-order valence-corrected chi connectivity index (χ3v) is 6.28. The Morgan fingerprint density at radius 3 is 2.36 bits per heavy atom. The average Bonchev–Trinajstić information content (AvgIpc) is 3.15. The van der Waals surface area contributed by atoms with Gasteiger partial charge in [0.25, 0.3) is 10.0 Å². The van der Waals surface area contributed by atoms with E-state index in [9.17, 15) is 13.2 Å². The van der Waals surface area contributed by atoms with Crippen molar-refractivity contribution in [3.63, 3.8) is 0 Å². The molecule has 0 fully saturated rings. The van der Waals surface area contributed by atoms with Crippen LogP contribution >= 0.6 is 11.3 Å². The summed E-state index contributed by atoms with van der Waals surface area (Å²) in [7, 11) is -3.87. The van der Waals surface area contributed by atoms with Crippen LogP contribution in [0, 0.1) is 6.92 Å². The highest BCUT2D eigenvalue weighted by Crippen LogP contribution is 2.25. The Balaban J connectivity index is 1.96. The molecule has 3 rings (SSSR count). The standard InChI is InChI=1S/C18H16N2O3S2/c1-14-7-9-15(10-8-14)17(21)13-20(18-19-11-12-24-18)25(22,23)16-5-3-2-4-6-16/h2-12H,13H2,1H3. The zero-order valence-corrected chi connectivity index (χ0v) is 15.1. The van der Waals surface area contributed by atoms with Gasteiger partial charge in [0.05, 0.1) is 4.90 Å². The predicted molar refractivity (Wildman–Crippen MR) is 98.6 cm³/mol. The van der Waals surface area contributed by atoms with Crippen LogP contribution in [0.2, 0.25) is 0 Å². The quantitative estimate of drug-likeness (QED) is 0.621. The minimum Gasteiger partial charge on any atom is -0.292 e. The molecule has 0 saturated carbocycles. The van der Waals surface area contributed by atoms with Crippen molar-refractivity contribution in [2.24, 2.45) is 0 Å². The van der Waals surface area contributed by atoms with E-state index in [2.05, 4.69) is 4.98 Å². The summed E-state index contributed by atoms with van der Waals surface area (Å²) in [6.45, 7) is 1.63. The van der Waals surface area contributed by atoms with Gasteiger partial charge < -0.3 is 0 Å². The van der Waals surface area contributed by atoms with Crippen LogP contribution in [0.5, 0.6) is 0 Å². The van der Waals surface area contributed by atoms with Gasteiger partial charge in [-0.05, 0) is 19.1 Å². The molecule has 0 atom stereocenters. The van der Waals surface area contributed by atoms with Crippen molar-refractivity contribution in [2.45, 2.75) is 11.8 Å². The van der Waals surface area contributed by atoms with Crippen molar-refractivity contribution in [3.05, 3.63) is 77.3 Å². The van der Waals surface area contributed by atoms with Gasteiger partial charge in [0.1, 0.15) is 6.54 Å². The number of sulfonamides is 1. The number of hydrogen-bond acceptors (Lipinski definition) is 5. The van der Waals surface area contributed by atoms with Crippen molar-refractivity contribution in [1.82, 2.24) is 4.98 Å². The third-order valence-electron chi connectivity index (χ3n) is 3.62. The molecule has 0 unspecified atom stereocenters. The van der Waals surface area contributed by atoms with E-state index in [1.807, 2.05) is 19.1 Å². The maximum atomic E-state index is 13.0. The lowest BCUT2D eigenvalue weighted by Gasteiger charge is -2.21. The van der Waals surface area contributed by atoms with Gasteiger partial charge in [-0.25, -0.2) is 17.7 Å². The molecule has 0 amide bonds. The van der Waals surface area contributed by atoms with Crippen LogP contribution in [0.15, 0.2) is 71.1 Å². The van der Waals surface area contributed by atoms with Gasteiger partial charge in [0.2, 0.25) is 0 Å². The summed E-state index contributed by atoms with van der Waals surface area (Å²) >= 11 is 1.18. The van der Waals surface area contributed by atoms with Gasteiger partial charge in [-0.2, -0.15) is 0 Å². The largest absolute Gasteiger partial charge is 0.292 e. The highest BCUT2D eigenvalue weighted by Gasteiger charge is 2.29. The molecule has 7 heteroatoms. The normalized spacial score (nSPS) is 11.2. The fraction of sp³-hybridized carbons (Fsp3) is 0.111. The molecular weight excluding hydrogens is 356 g/mol. The molecule has 1 aromatic heterocycles. The molecule has 0 radical (unpaired) electrons. The van der Waals surface area contributed by atoms with E-state index in [-0.39, 0.29) is 22.4 Å². The first-order valence-corrected chi connectivity index (χ1v) is 9.87. The van der Waals surface area contributed by atoms with E-state index in [1.165, 1.54) is 29.7 Å². The molecule has 25 heavy (non-hydrogen) atoms. The third kappa shape index (κ3) is 3.78. The number of aryl methyl sites for hydroxylation is 1. The molecule has 0 spiro atoms. The summed E-state index contributed by atoms with van der Waals surface area (Å²) in [4.78, 5) is 16.8. The summed E-state index contributed by atoms with van der Waals surface area (Å²) in [6, 6.07) is 15.1. The minimum atomic E-state index is -3.87. The molecular formula is C18H16N2O3S2. The molecule has 0 bridgehead atoms. The highest BCUT2D eigenvalue weighted by atomic mass is 32.2. The van der Waals surface area contributed by atoms with Crippen molar-refractivity contribution >= 4 is 32.3 Å². The Morgan fingerprint density at radius 2 is 1.76 bits per heavy atom. The zero-order chi connectivity index (χ0) is 17.9. The van der Waals surface area contributed by atoms with E-state index in [0.29, 0.717) is 5.56 Å². The molecule has 2 aromatic carbocycles. The van der Waals surface area contributed by atoms with E-state index in [1.54, 1.807) is 35.7 Å². The van der Waals surface area contributed by atoms with Crippen LogP contribution in [0.1, 0.15) is 15.9 Å². The van der Waals surface area contributed by atoms with Gasteiger partial charge in [-0.15, -0.1) is 11.3 Å².